The molecule has 0 spiro atoms. The first-order valence-electron chi connectivity index (χ1n) is 6.00. The second-order valence-electron chi connectivity index (χ2n) is 4.59. The summed E-state index contributed by atoms with van der Waals surface area (Å²) >= 11 is 9.35. The molecule has 0 radical (unpaired) electrons. The minimum absolute atomic E-state index is 0. The van der Waals surface area contributed by atoms with E-state index >= 15 is 0 Å². The van der Waals surface area contributed by atoms with Crippen molar-refractivity contribution in [3.05, 3.63) is 33.3 Å². The van der Waals surface area contributed by atoms with Crippen LogP contribution in [0.3, 0.4) is 0 Å². The molecular weight excluding hydrogens is 351 g/mol. The molecule has 1 aliphatic heterocycles. The molecule has 1 amide bonds. The monoisotopic (exact) mass is 366 g/mol. The van der Waals surface area contributed by atoms with Crippen LogP contribution in [-0.2, 0) is 0 Å². The van der Waals surface area contributed by atoms with Gasteiger partial charge in [-0.1, -0.05) is 11.6 Å². The zero-order valence-corrected chi connectivity index (χ0v) is 13.8. The molecule has 0 aliphatic carbocycles. The minimum Gasteiger partial charge on any atom is -0.338 e. The molecule has 2 rings (SSSR count). The van der Waals surface area contributed by atoms with Gasteiger partial charge in [-0.3, -0.25) is 4.79 Å². The van der Waals surface area contributed by atoms with Gasteiger partial charge in [-0.15, -0.1) is 12.4 Å². The molecule has 1 atom stereocenters. The van der Waals surface area contributed by atoms with E-state index in [2.05, 4.69) is 21.2 Å². The maximum atomic E-state index is 12.4. The van der Waals surface area contributed by atoms with Gasteiger partial charge in [-0.25, -0.2) is 0 Å². The van der Waals surface area contributed by atoms with Crippen molar-refractivity contribution < 1.29 is 4.79 Å². The van der Waals surface area contributed by atoms with Crippen LogP contribution < -0.4 is 5.32 Å². The number of carbonyl (C=O) groups is 1. The summed E-state index contributed by atoms with van der Waals surface area (Å²) in [5.74, 6) is 0.611. The third-order valence-electron chi connectivity index (χ3n) is 3.22. The molecule has 19 heavy (non-hydrogen) atoms. The van der Waals surface area contributed by atoms with Crippen LogP contribution in [0.4, 0.5) is 0 Å². The molecule has 1 N–H and O–H groups in total. The van der Waals surface area contributed by atoms with Crippen LogP contribution in [0.5, 0.6) is 0 Å². The van der Waals surface area contributed by atoms with Crippen LogP contribution in [0.15, 0.2) is 22.7 Å². The lowest BCUT2D eigenvalue weighted by Gasteiger charge is -2.17. The molecule has 6 heteroatoms. The highest BCUT2D eigenvalue weighted by molar-refractivity contribution is 9.10. The predicted octanol–water partition coefficient (Wildman–Crippen LogP) is 3.21. The van der Waals surface area contributed by atoms with Crippen molar-refractivity contribution in [2.45, 2.75) is 6.42 Å². The molecule has 1 heterocycles. The van der Waals surface area contributed by atoms with Gasteiger partial charge in [0.25, 0.3) is 5.91 Å². The maximum Gasteiger partial charge on any atom is 0.255 e. The number of amides is 1. The zero-order valence-electron chi connectivity index (χ0n) is 10.7. The van der Waals surface area contributed by atoms with Crippen LogP contribution >= 0.6 is 39.9 Å². The lowest BCUT2D eigenvalue weighted by atomic mass is 10.1. The van der Waals surface area contributed by atoms with E-state index in [9.17, 15) is 4.79 Å². The Morgan fingerprint density at radius 1 is 1.58 bits per heavy atom. The van der Waals surface area contributed by atoms with Gasteiger partial charge in [0.2, 0.25) is 0 Å². The van der Waals surface area contributed by atoms with Crippen molar-refractivity contribution in [3.8, 4) is 0 Å². The summed E-state index contributed by atoms with van der Waals surface area (Å²) in [6, 6.07) is 5.31. The normalized spacial score (nSPS) is 18.3. The quantitative estimate of drug-likeness (QED) is 0.889. The fraction of sp³-hybridized carbons (Fsp3) is 0.462. The Morgan fingerprint density at radius 3 is 3.00 bits per heavy atom. The van der Waals surface area contributed by atoms with Gasteiger partial charge in [0.05, 0.1) is 5.56 Å². The fourth-order valence-electron chi connectivity index (χ4n) is 2.30. The number of benzene rings is 1. The standard InChI is InChI=1S/C13H16BrClN2O.ClH/c1-16-7-9-4-5-17(8-9)13(18)11-6-10(15)2-3-12(11)14;/h2-3,6,9,16H,4-5,7-8H2,1H3;1H. The lowest BCUT2D eigenvalue weighted by molar-refractivity contribution is 0.0786. The van der Waals surface area contributed by atoms with Crippen LogP contribution in [0, 0.1) is 5.92 Å². The van der Waals surface area contributed by atoms with Gasteiger partial charge < -0.3 is 10.2 Å². The number of halogens is 3. The number of carbonyl (C=O) groups excluding carboxylic acids is 1. The number of likely N-dealkylation sites (tertiary alicyclic amines) is 1. The van der Waals surface area contributed by atoms with Crippen LogP contribution in [0.25, 0.3) is 0 Å². The number of nitrogens with zero attached hydrogens (tertiary/aromatic N) is 1. The van der Waals surface area contributed by atoms with E-state index in [0.29, 0.717) is 16.5 Å². The summed E-state index contributed by atoms with van der Waals surface area (Å²) < 4.78 is 0.800. The van der Waals surface area contributed by atoms with Gasteiger partial charge in [-0.2, -0.15) is 0 Å². The Hall–Kier alpha value is -0.290. The zero-order chi connectivity index (χ0) is 13.1. The molecule has 1 aliphatic rings. The van der Waals surface area contributed by atoms with Gasteiger partial charge in [-0.05, 0) is 60.1 Å². The number of nitrogens with one attached hydrogen (secondary N) is 1. The van der Waals surface area contributed by atoms with E-state index < -0.39 is 0 Å². The van der Waals surface area contributed by atoms with E-state index in [1.54, 1.807) is 12.1 Å². The molecule has 1 saturated heterocycles. The Morgan fingerprint density at radius 2 is 2.32 bits per heavy atom. The fourth-order valence-corrected chi connectivity index (χ4v) is 2.89. The van der Waals surface area contributed by atoms with Crippen molar-refractivity contribution in [1.82, 2.24) is 10.2 Å². The predicted molar refractivity (Wildman–Crippen MR) is 84.3 cm³/mol. The Bertz CT molecular complexity index is 456. The molecular formula is C13H17BrCl2N2O. The molecule has 0 saturated carbocycles. The number of hydrogen-bond acceptors (Lipinski definition) is 2. The van der Waals surface area contributed by atoms with Crippen molar-refractivity contribution in [1.29, 1.82) is 0 Å². The summed E-state index contributed by atoms with van der Waals surface area (Å²) in [5.41, 5.74) is 0.646. The van der Waals surface area contributed by atoms with Crippen LogP contribution in [0.2, 0.25) is 5.02 Å². The van der Waals surface area contributed by atoms with E-state index in [0.717, 1.165) is 30.5 Å². The number of rotatable bonds is 3. The first-order valence-corrected chi connectivity index (χ1v) is 7.18. The summed E-state index contributed by atoms with van der Waals surface area (Å²) in [7, 11) is 1.94. The molecule has 0 aromatic heterocycles. The molecule has 1 aromatic carbocycles. The smallest absolute Gasteiger partial charge is 0.255 e. The van der Waals surface area contributed by atoms with Crippen LogP contribution in [-0.4, -0.2) is 37.5 Å². The maximum absolute atomic E-state index is 12.4. The Kier molecular flexibility index (Phi) is 6.60. The number of hydrogen-bond donors (Lipinski definition) is 1. The van der Waals surface area contributed by atoms with Crippen molar-refractivity contribution >= 4 is 45.8 Å². The minimum atomic E-state index is 0. The summed E-state index contributed by atoms with van der Waals surface area (Å²) in [4.78, 5) is 14.3. The lowest BCUT2D eigenvalue weighted by Crippen LogP contribution is -2.30. The third-order valence-corrected chi connectivity index (χ3v) is 4.15. The first kappa shape index (κ1) is 16.8. The third kappa shape index (κ3) is 4.09. The second kappa shape index (κ2) is 7.48. The Labute approximate surface area is 133 Å². The largest absolute Gasteiger partial charge is 0.338 e. The van der Waals surface area contributed by atoms with E-state index in [4.69, 9.17) is 11.6 Å². The summed E-state index contributed by atoms with van der Waals surface area (Å²) in [6.07, 6.45) is 1.06. The van der Waals surface area contributed by atoms with Gasteiger partial charge in [0.1, 0.15) is 0 Å². The molecule has 1 aromatic rings. The van der Waals surface area contributed by atoms with E-state index in [1.807, 2.05) is 18.0 Å². The highest BCUT2D eigenvalue weighted by atomic mass is 79.9. The average molecular weight is 368 g/mol. The SMILES string of the molecule is CNCC1CCN(C(=O)c2cc(Cl)ccc2Br)C1.Cl. The Balaban J connectivity index is 0.00000180. The highest BCUT2D eigenvalue weighted by Gasteiger charge is 2.27. The molecule has 1 fully saturated rings. The van der Waals surface area contributed by atoms with Crippen molar-refractivity contribution in [2.75, 3.05) is 26.7 Å². The molecule has 3 nitrogen and oxygen atoms in total. The van der Waals surface area contributed by atoms with Gasteiger partial charge in [0.15, 0.2) is 0 Å². The highest BCUT2D eigenvalue weighted by Crippen LogP contribution is 2.25. The molecule has 1 unspecified atom stereocenters. The molecule has 0 bridgehead atoms. The van der Waals surface area contributed by atoms with E-state index in [-0.39, 0.29) is 18.3 Å². The summed E-state index contributed by atoms with van der Waals surface area (Å²) in [6.45, 7) is 2.60. The van der Waals surface area contributed by atoms with Crippen molar-refractivity contribution in [2.24, 2.45) is 5.92 Å². The van der Waals surface area contributed by atoms with E-state index in [1.165, 1.54) is 0 Å². The van der Waals surface area contributed by atoms with Gasteiger partial charge >= 0.3 is 0 Å². The second-order valence-corrected chi connectivity index (χ2v) is 5.88. The van der Waals surface area contributed by atoms with Gasteiger partial charge in [0, 0.05) is 22.6 Å². The summed E-state index contributed by atoms with van der Waals surface area (Å²) in [5, 5.41) is 3.75. The average Bonchev–Trinajstić information content (AvgIpc) is 2.80. The van der Waals surface area contributed by atoms with Crippen molar-refractivity contribution in [3.63, 3.8) is 0 Å². The van der Waals surface area contributed by atoms with Crippen LogP contribution in [0.1, 0.15) is 16.8 Å². The first-order chi connectivity index (χ1) is 8.61. The molecule has 106 valence electrons. The topological polar surface area (TPSA) is 32.3 Å².